The molecule has 0 N–H and O–H groups in total. The standard InChI is InChI=1S/C34H46FN5O3/c1-22(2)37(7)32(41)28-15-27(35)8-9-29(28)40-21-26(31-23(3)16-36-17-30(31)40)14-25-19-38(20-25)18-24-10-12-39(13-11-24)33(42)43-34(4,5)6/h8-9,15-17,21-22,24-25H,10-14,18-20H2,1-7H3. The van der Waals surface area contributed by atoms with Crippen LogP contribution in [0, 0.1) is 24.6 Å². The van der Waals surface area contributed by atoms with Crippen molar-refractivity contribution in [1.29, 1.82) is 0 Å². The number of rotatable bonds is 7. The average molecular weight is 592 g/mol. The number of aryl methyl sites for hydroxylation is 1. The zero-order valence-electron chi connectivity index (χ0n) is 26.7. The number of hydrogen-bond acceptors (Lipinski definition) is 5. The van der Waals surface area contributed by atoms with Crippen molar-refractivity contribution < 1.29 is 18.7 Å². The summed E-state index contributed by atoms with van der Waals surface area (Å²) >= 11 is 0. The summed E-state index contributed by atoms with van der Waals surface area (Å²) < 4.78 is 22.0. The predicted octanol–water partition coefficient (Wildman–Crippen LogP) is 6.07. The lowest BCUT2D eigenvalue weighted by molar-refractivity contribution is 0.0133. The largest absolute Gasteiger partial charge is 0.444 e. The van der Waals surface area contributed by atoms with Crippen molar-refractivity contribution in [1.82, 2.24) is 24.3 Å². The van der Waals surface area contributed by atoms with Gasteiger partial charge in [-0.1, -0.05) is 0 Å². The summed E-state index contributed by atoms with van der Waals surface area (Å²) in [7, 11) is 1.75. The average Bonchev–Trinajstić information content (AvgIpc) is 3.29. The number of benzene rings is 1. The molecule has 2 saturated heterocycles. The summed E-state index contributed by atoms with van der Waals surface area (Å²) in [5, 5.41) is 1.16. The molecule has 2 aliphatic heterocycles. The number of hydrogen-bond donors (Lipinski definition) is 0. The lowest BCUT2D eigenvalue weighted by atomic mass is 9.89. The van der Waals surface area contributed by atoms with Crippen molar-refractivity contribution in [2.75, 3.05) is 39.8 Å². The number of nitrogens with zero attached hydrogens (tertiary/aromatic N) is 5. The highest BCUT2D eigenvalue weighted by Crippen LogP contribution is 2.33. The number of fused-ring (bicyclic) bond motifs is 1. The molecule has 2 amide bonds. The van der Waals surface area contributed by atoms with Crippen molar-refractivity contribution in [3.05, 3.63) is 59.3 Å². The van der Waals surface area contributed by atoms with Gasteiger partial charge < -0.3 is 24.0 Å². The Morgan fingerprint density at radius 1 is 1.12 bits per heavy atom. The van der Waals surface area contributed by atoms with E-state index in [0.717, 1.165) is 68.5 Å². The van der Waals surface area contributed by atoms with Gasteiger partial charge in [0.15, 0.2) is 0 Å². The molecule has 0 unspecified atom stereocenters. The number of carbonyl (C=O) groups excluding carboxylic acids is 2. The van der Waals surface area contributed by atoms with Crippen LogP contribution >= 0.6 is 0 Å². The molecule has 9 heteroatoms. The van der Waals surface area contributed by atoms with Gasteiger partial charge in [0.05, 0.1) is 23.0 Å². The smallest absolute Gasteiger partial charge is 0.410 e. The molecule has 0 aliphatic carbocycles. The maximum absolute atomic E-state index is 14.4. The fraction of sp³-hybridized carbons (Fsp3) is 0.559. The first-order chi connectivity index (χ1) is 20.3. The first-order valence-corrected chi connectivity index (χ1v) is 15.5. The van der Waals surface area contributed by atoms with Crippen molar-refractivity contribution in [3.8, 4) is 5.69 Å². The van der Waals surface area contributed by atoms with Gasteiger partial charge in [0.25, 0.3) is 5.91 Å². The molecular weight excluding hydrogens is 545 g/mol. The van der Waals surface area contributed by atoms with Gasteiger partial charge in [0, 0.05) is 63.6 Å². The van der Waals surface area contributed by atoms with Crippen LogP contribution in [0.1, 0.15) is 68.9 Å². The maximum atomic E-state index is 14.4. The quantitative estimate of drug-likeness (QED) is 0.333. The first kappa shape index (κ1) is 31.0. The molecule has 8 nitrogen and oxygen atoms in total. The molecular formula is C34H46FN5O3. The van der Waals surface area contributed by atoms with Crippen LogP contribution in [0.5, 0.6) is 0 Å². The van der Waals surface area contributed by atoms with Gasteiger partial charge in [0.2, 0.25) is 0 Å². The Labute approximate surface area is 254 Å². The maximum Gasteiger partial charge on any atom is 0.410 e. The third-order valence-electron chi connectivity index (χ3n) is 8.85. The van der Waals surface area contributed by atoms with E-state index >= 15 is 0 Å². The van der Waals surface area contributed by atoms with E-state index in [0.29, 0.717) is 23.1 Å². The lowest BCUT2D eigenvalue weighted by Gasteiger charge is -2.43. The van der Waals surface area contributed by atoms with Crippen molar-refractivity contribution in [2.24, 2.45) is 11.8 Å². The number of carbonyl (C=O) groups is 2. The molecule has 0 bridgehead atoms. The normalized spacial score (nSPS) is 17.0. The Morgan fingerprint density at radius 3 is 2.47 bits per heavy atom. The predicted molar refractivity (Wildman–Crippen MR) is 167 cm³/mol. The summed E-state index contributed by atoms with van der Waals surface area (Å²) in [4.78, 5) is 36.3. The van der Waals surface area contributed by atoms with Crippen LogP contribution in [0.4, 0.5) is 9.18 Å². The second-order valence-corrected chi connectivity index (χ2v) is 13.7. The second kappa shape index (κ2) is 12.3. The summed E-state index contributed by atoms with van der Waals surface area (Å²) in [6.07, 6.45) is 8.58. The molecule has 2 fully saturated rings. The van der Waals surface area contributed by atoms with Gasteiger partial charge in [-0.3, -0.25) is 9.78 Å². The zero-order valence-corrected chi connectivity index (χ0v) is 26.7. The van der Waals surface area contributed by atoms with Crippen LogP contribution in [-0.4, -0.2) is 87.7 Å². The second-order valence-electron chi connectivity index (χ2n) is 13.7. The molecule has 1 aromatic carbocycles. The number of halogens is 1. The summed E-state index contributed by atoms with van der Waals surface area (Å²) in [5.41, 5.74) is 3.78. The zero-order chi connectivity index (χ0) is 31.1. The van der Waals surface area contributed by atoms with E-state index in [-0.39, 0.29) is 18.0 Å². The monoisotopic (exact) mass is 591 g/mol. The van der Waals surface area contributed by atoms with Crippen molar-refractivity contribution in [3.63, 3.8) is 0 Å². The van der Waals surface area contributed by atoms with E-state index in [1.54, 1.807) is 18.0 Å². The van der Waals surface area contributed by atoms with Crippen LogP contribution in [-0.2, 0) is 11.2 Å². The minimum Gasteiger partial charge on any atom is -0.444 e. The lowest BCUT2D eigenvalue weighted by Crippen LogP contribution is -2.51. The fourth-order valence-electron chi connectivity index (χ4n) is 6.37. The molecule has 2 aromatic heterocycles. The molecule has 0 saturated carbocycles. The molecule has 5 rings (SSSR count). The molecule has 0 atom stereocenters. The van der Waals surface area contributed by atoms with Crippen LogP contribution in [0.15, 0.2) is 36.8 Å². The molecule has 2 aliphatic rings. The minimum atomic E-state index is -0.467. The fourth-order valence-corrected chi connectivity index (χ4v) is 6.37. The van der Waals surface area contributed by atoms with E-state index in [2.05, 4.69) is 23.0 Å². The number of likely N-dealkylation sites (tertiary alicyclic amines) is 2. The summed E-state index contributed by atoms with van der Waals surface area (Å²) in [6.45, 7) is 16.3. The van der Waals surface area contributed by atoms with Crippen LogP contribution in [0.25, 0.3) is 16.6 Å². The van der Waals surface area contributed by atoms with Gasteiger partial charge in [-0.15, -0.1) is 0 Å². The Kier molecular flexibility index (Phi) is 8.84. The first-order valence-electron chi connectivity index (χ1n) is 15.5. The number of ether oxygens (including phenoxy) is 1. The Balaban J connectivity index is 1.26. The van der Waals surface area contributed by atoms with Crippen LogP contribution < -0.4 is 0 Å². The highest BCUT2D eigenvalue weighted by Gasteiger charge is 2.33. The van der Waals surface area contributed by atoms with E-state index in [4.69, 9.17) is 4.74 Å². The van der Waals surface area contributed by atoms with E-state index < -0.39 is 11.4 Å². The van der Waals surface area contributed by atoms with Gasteiger partial charge in [-0.05, 0) is 102 Å². The Morgan fingerprint density at radius 2 is 1.81 bits per heavy atom. The molecule has 0 spiro atoms. The topological polar surface area (TPSA) is 70.9 Å². The number of pyridine rings is 1. The summed E-state index contributed by atoms with van der Waals surface area (Å²) in [6, 6.07) is 4.44. The molecule has 3 aromatic rings. The van der Waals surface area contributed by atoms with Gasteiger partial charge in [0.1, 0.15) is 11.4 Å². The van der Waals surface area contributed by atoms with Crippen LogP contribution in [0.3, 0.4) is 0 Å². The molecule has 4 heterocycles. The van der Waals surface area contributed by atoms with Crippen molar-refractivity contribution >= 4 is 22.9 Å². The van der Waals surface area contributed by atoms with E-state index in [9.17, 15) is 14.0 Å². The number of aromatic nitrogens is 2. The van der Waals surface area contributed by atoms with Crippen LogP contribution in [0.2, 0.25) is 0 Å². The number of amides is 2. The van der Waals surface area contributed by atoms with Gasteiger partial charge >= 0.3 is 6.09 Å². The van der Waals surface area contributed by atoms with E-state index in [1.807, 2.05) is 56.5 Å². The summed E-state index contributed by atoms with van der Waals surface area (Å²) in [5.74, 6) is 0.489. The van der Waals surface area contributed by atoms with Gasteiger partial charge in [-0.2, -0.15) is 0 Å². The third-order valence-corrected chi connectivity index (χ3v) is 8.85. The SMILES string of the molecule is Cc1cncc2c1c(CC1CN(CC3CCN(C(=O)OC(C)(C)C)CC3)C1)cn2-c1ccc(F)cc1C(=O)N(C)C(C)C. The molecule has 43 heavy (non-hydrogen) atoms. The highest BCUT2D eigenvalue weighted by atomic mass is 19.1. The Bertz CT molecular complexity index is 1480. The van der Waals surface area contributed by atoms with E-state index in [1.165, 1.54) is 17.7 Å². The third kappa shape index (κ3) is 6.87. The minimum absolute atomic E-state index is 0.0106. The molecule has 232 valence electrons. The highest BCUT2D eigenvalue weighted by molar-refractivity contribution is 5.99. The number of piperidine rings is 1. The van der Waals surface area contributed by atoms with Gasteiger partial charge in [-0.25, -0.2) is 9.18 Å². The Hall–Kier alpha value is -3.46. The molecule has 0 radical (unpaired) electrons. The van der Waals surface area contributed by atoms with Crippen molar-refractivity contribution in [2.45, 2.75) is 72.4 Å².